The molecule has 2 aromatic carbocycles. The van der Waals surface area contributed by atoms with Crippen LogP contribution in [0.3, 0.4) is 0 Å². The molecule has 6 nitrogen and oxygen atoms in total. The summed E-state index contributed by atoms with van der Waals surface area (Å²) in [6, 6.07) is 17.2. The van der Waals surface area contributed by atoms with Gasteiger partial charge in [0.1, 0.15) is 18.0 Å². The number of carbonyl (C=O) groups excluding carboxylic acids is 1. The molecule has 0 saturated carbocycles. The lowest BCUT2D eigenvalue weighted by Crippen LogP contribution is -2.13. The van der Waals surface area contributed by atoms with Gasteiger partial charge in [0.2, 0.25) is 0 Å². The van der Waals surface area contributed by atoms with Gasteiger partial charge in [-0.05, 0) is 33.3 Å². The smallest absolute Gasteiger partial charge is 0.338 e. The van der Waals surface area contributed by atoms with Gasteiger partial charge in [0.05, 0.1) is 12.7 Å². The van der Waals surface area contributed by atoms with Gasteiger partial charge in [-0.1, -0.05) is 65.8 Å². The highest BCUT2D eigenvalue weighted by Gasteiger charge is 2.15. The summed E-state index contributed by atoms with van der Waals surface area (Å²) in [5.41, 5.74) is 5.03. The number of rotatable bonds is 8. The third kappa shape index (κ3) is 6.24. The van der Waals surface area contributed by atoms with Crippen molar-refractivity contribution in [1.29, 1.82) is 0 Å². The normalized spacial score (nSPS) is 12.4. The molecule has 0 N–H and O–H groups in total. The van der Waals surface area contributed by atoms with Crippen LogP contribution >= 0.6 is 0 Å². The Kier molecular flexibility index (Phi) is 8.69. The number of hydrogen-bond donors (Lipinski definition) is 0. The Balaban J connectivity index is 2.26. The van der Waals surface area contributed by atoms with E-state index in [0.717, 1.165) is 22.4 Å². The van der Waals surface area contributed by atoms with Gasteiger partial charge in [0.15, 0.2) is 0 Å². The lowest BCUT2D eigenvalue weighted by Gasteiger charge is -2.11. The standard InChI is InChI=1S/C24H27N3O3/c1-6-21(24(28)29-5)22-15-11-10-14-20(22)16-30-27-18(4)23(26-25-17(2)3)19-12-8-7-9-13-19/h6-15H,16H2,1-5H3. The summed E-state index contributed by atoms with van der Waals surface area (Å²) < 4.78 is 4.88. The van der Waals surface area contributed by atoms with Gasteiger partial charge < -0.3 is 9.57 Å². The lowest BCUT2D eigenvalue weighted by molar-refractivity contribution is -0.133. The zero-order valence-corrected chi connectivity index (χ0v) is 18.0. The minimum absolute atomic E-state index is 0.194. The zero-order chi connectivity index (χ0) is 21.9. The number of allylic oxidation sites excluding steroid dienone is 1. The molecule has 0 heterocycles. The molecule has 0 atom stereocenters. The van der Waals surface area contributed by atoms with E-state index in [-0.39, 0.29) is 6.61 Å². The van der Waals surface area contributed by atoms with Gasteiger partial charge in [0.25, 0.3) is 0 Å². The number of oxime groups is 1. The predicted octanol–water partition coefficient (Wildman–Crippen LogP) is 5.04. The molecule has 30 heavy (non-hydrogen) atoms. The van der Waals surface area contributed by atoms with E-state index in [0.29, 0.717) is 17.0 Å². The van der Waals surface area contributed by atoms with Crippen molar-refractivity contribution >= 4 is 28.7 Å². The molecule has 0 radical (unpaired) electrons. The number of benzene rings is 2. The fourth-order valence-electron chi connectivity index (χ4n) is 2.73. The van der Waals surface area contributed by atoms with Crippen molar-refractivity contribution in [2.45, 2.75) is 34.3 Å². The van der Waals surface area contributed by atoms with E-state index < -0.39 is 5.97 Å². The van der Waals surface area contributed by atoms with Gasteiger partial charge in [0, 0.05) is 16.8 Å². The molecule has 0 fully saturated rings. The van der Waals surface area contributed by atoms with Crippen LogP contribution in [0.4, 0.5) is 0 Å². The van der Waals surface area contributed by atoms with Crippen molar-refractivity contribution in [3.63, 3.8) is 0 Å². The average Bonchev–Trinajstić information content (AvgIpc) is 2.75. The Morgan fingerprint density at radius 2 is 1.63 bits per heavy atom. The van der Waals surface area contributed by atoms with Gasteiger partial charge in [-0.15, -0.1) is 5.10 Å². The van der Waals surface area contributed by atoms with Crippen LogP contribution in [-0.4, -0.2) is 30.2 Å². The van der Waals surface area contributed by atoms with Crippen molar-refractivity contribution in [2.75, 3.05) is 7.11 Å². The largest absolute Gasteiger partial charge is 0.465 e. The Labute approximate surface area is 177 Å². The summed E-state index contributed by atoms with van der Waals surface area (Å²) in [6.45, 7) is 7.58. The van der Waals surface area contributed by atoms with Crippen molar-refractivity contribution in [2.24, 2.45) is 15.4 Å². The van der Waals surface area contributed by atoms with Crippen LogP contribution in [0.1, 0.15) is 44.4 Å². The van der Waals surface area contributed by atoms with Crippen LogP contribution < -0.4 is 0 Å². The third-order valence-electron chi connectivity index (χ3n) is 4.16. The maximum Gasteiger partial charge on any atom is 0.338 e. The molecule has 0 amide bonds. The van der Waals surface area contributed by atoms with Gasteiger partial charge in [-0.25, -0.2) is 4.79 Å². The van der Waals surface area contributed by atoms with Crippen LogP contribution in [0.5, 0.6) is 0 Å². The second-order valence-electron chi connectivity index (χ2n) is 6.66. The second-order valence-corrected chi connectivity index (χ2v) is 6.66. The highest BCUT2D eigenvalue weighted by molar-refractivity contribution is 6.47. The summed E-state index contributed by atoms with van der Waals surface area (Å²) in [7, 11) is 1.36. The van der Waals surface area contributed by atoms with Gasteiger partial charge >= 0.3 is 5.97 Å². The predicted molar refractivity (Wildman–Crippen MR) is 122 cm³/mol. The highest BCUT2D eigenvalue weighted by atomic mass is 16.6. The first-order valence-corrected chi connectivity index (χ1v) is 9.62. The summed E-state index contributed by atoms with van der Waals surface area (Å²) in [6.07, 6.45) is 1.73. The van der Waals surface area contributed by atoms with Crippen molar-refractivity contribution in [3.05, 3.63) is 77.4 Å². The van der Waals surface area contributed by atoms with Crippen LogP contribution in [0, 0.1) is 0 Å². The molecular formula is C24H27N3O3. The molecule has 0 bridgehead atoms. The minimum atomic E-state index is -0.393. The minimum Gasteiger partial charge on any atom is -0.465 e. The summed E-state index contributed by atoms with van der Waals surface area (Å²) in [4.78, 5) is 17.7. The molecule has 6 heteroatoms. The van der Waals surface area contributed by atoms with Crippen LogP contribution in [-0.2, 0) is 21.0 Å². The first-order chi connectivity index (χ1) is 14.5. The Bertz CT molecular complexity index is 986. The first-order valence-electron chi connectivity index (χ1n) is 9.62. The molecule has 2 rings (SSSR count). The fraction of sp³-hybridized carbons (Fsp3) is 0.250. The molecule has 0 aromatic heterocycles. The van der Waals surface area contributed by atoms with E-state index in [1.165, 1.54) is 7.11 Å². The van der Waals surface area contributed by atoms with Crippen molar-refractivity contribution < 1.29 is 14.4 Å². The Morgan fingerprint density at radius 3 is 2.27 bits per heavy atom. The summed E-state index contributed by atoms with van der Waals surface area (Å²) in [5.74, 6) is -0.393. The van der Waals surface area contributed by atoms with Gasteiger partial charge in [-0.2, -0.15) is 5.10 Å². The number of esters is 1. The highest BCUT2D eigenvalue weighted by Crippen LogP contribution is 2.21. The van der Waals surface area contributed by atoms with Crippen LogP contribution in [0.2, 0.25) is 0 Å². The first kappa shape index (κ1) is 22.7. The van der Waals surface area contributed by atoms with Crippen LogP contribution in [0.25, 0.3) is 5.57 Å². The molecule has 2 aromatic rings. The van der Waals surface area contributed by atoms with Gasteiger partial charge in [-0.3, -0.25) is 0 Å². The number of hydrogen-bond acceptors (Lipinski definition) is 6. The number of carbonyl (C=O) groups is 1. The quantitative estimate of drug-likeness (QED) is 0.267. The van der Waals surface area contributed by atoms with E-state index in [1.54, 1.807) is 13.0 Å². The second kappa shape index (κ2) is 11.5. The molecule has 0 aliphatic carbocycles. The molecule has 0 aliphatic rings. The van der Waals surface area contributed by atoms with E-state index in [9.17, 15) is 4.79 Å². The topological polar surface area (TPSA) is 72.6 Å². The molecule has 0 spiro atoms. The number of ether oxygens (including phenoxy) is 1. The third-order valence-corrected chi connectivity index (χ3v) is 4.16. The summed E-state index contributed by atoms with van der Waals surface area (Å²) in [5, 5.41) is 12.8. The SMILES string of the molecule is CC=C(C(=O)OC)c1ccccc1CON=C(C)C(=NN=C(C)C)c1ccccc1. The molecule has 156 valence electrons. The van der Waals surface area contributed by atoms with Crippen LogP contribution in [0.15, 0.2) is 76.0 Å². The molecule has 0 unspecified atom stereocenters. The maximum absolute atomic E-state index is 12.1. The summed E-state index contributed by atoms with van der Waals surface area (Å²) >= 11 is 0. The maximum atomic E-state index is 12.1. The van der Waals surface area contributed by atoms with Crippen molar-refractivity contribution in [1.82, 2.24) is 0 Å². The van der Waals surface area contributed by atoms with E-state index in [4.69, 9.17) is 9.57 Å². The zero-order valence-electron chi connectivity index (χ0n) is 18.0. The van der Waals surface area contributed by atoms with E-state index >= 15 is 0 Å². The Hall–Kier alpha value is -3.54. The lowest BCUT2D eigenvalue weighted by atomic mass is 10.00. The number of nitrogens with zero attached hydrogens (tertiary/aromatic N) is 3. The number of methoxy groups -OCH3 is 1. The molecule has 0 aliphatic heterocycles. The van der Waals surface area contributed by atoms with Crippen molar-refractivity contribution in [3.8, 4) is 0 Å². The molecular weight excluding hydrogens is 378 g/mol. The monoisotopic (exact) mass is 405 g/mol. The van der Waals surface area contributed by atoms with E-state index in [2.05, 4.69) is 15.4 Å². The Morgan fingerprint density at radius 1 is 0.967 bits per heavy atom. The molecule has 0 saturated heterocycles. The average molecular weight is 405 g/mol. The fourth-order valence-corrected chi connectivity index (χ4v) is 2.73. The van der Waals surface area contributed by atoms with E-state index in [1.807, 2.05) is 75.4 Å².